The first kappa shape index (κ1) is 18.5. The molecule has 0 saturated carbocycles. The number of methoxy groups -OCH3 is 1. The molecule has 0 aromatic carbocycles. The molecule has 0 bridgehead atoms. The van der Waals surface area contributed by atoms with Gasteiger partial charge in [-0.2, -0.15) is 13.2 Å². The lowest BCUT2D eigenvalue weighted by Gasteiger charge is -2.28. The molecule has 2 unspecified atom stereocenters. The Morgan fingerprint density at radius 3 is 2.55 bits per heavy atom. The molecule has 5 nitrogen and oxygen atoms in total. The number of hydrogen-bond acceptors (Lipinski definition) is 4. The van der Waals surface area contributed by atoms with Crippen molar-refractivity contribution in [2.24, 2.45) is 0 Å². The molecular weight excluding hydrogens is 303 g/mol. The van der Waals surface area contributed by atoms with Crippen LogP contribution in [0.4, 0.5) is 13.2 Å². The quantitative estimate of drug-likeness (QED) is 0.807. The summed E-state index contributed by atoms with van der Waals surface area (Å²) in [6.45, 7) is 3.45. The number of aliphatic hydroxyl groups is 1. The predicted molar refractivity (Wildman–Crippen MR) is 72.1 cm³/mol. The molecule has 0 saturated heterocycles. The smallest absolute Gasteiger partial charge is 0.425 e. The molecular formula is C14H20F3NO4. The van der Waals surface area contributed by atoms with E-state index in [1.807, 2.05) is 0 Å². The van der Waals surface area contributed by atoms with E-state index in [1.165, 1.54) is 20.1 Å². The van der Waals surface area contributed by atoms with Crippen LogP contribution in [0.3, 0.4) is 0 Å². The second-order valence-electron chi connectivity index (χ2n) is 5.20. The second-order valence-corrected chi connectivity index (χ2v) is 5.20. The Labute approximate surface area is 126 Å². The van der Waals surface area contributed by atoms with Crippen molar-refractivity contribution in [3.8, 4) is 0 Å². The number of amides is 1. The lowest BCUT2D eigenvalue weighted by atomic mass is 9.95. The Bertz CT molecular complexity index is 501. The molecule has 0 fully saturated rings. The van der Waals surface area contributed by atoms with E-state index < -0.39 is 29.9 Å². The molecule has 0 aliphatic carbocycles. The van der Waals surface area contributed by atoms with Gasteiger partial charge in [-0.1, -0.05) is 0 Å². The molecule has 1 amide bonds. The maximum atomic E-state index is 13.2. The fourth-order valence-electron chi connectivity index (χ4n) is 1.91. The zero-order valence-electron chi connectivity index (χ0n) is 12.7. The van der Waals surface area contributed by atoms with Crippen LogP contribution in [0.2, 0.25) is 0 Å². The number of rotatable bonds is 7. The molecule has 8 heteroatoms. The van der Waals surface area contributed by atoms with Crippen LogP contribution >= 0.6 is 0 Å². The molecule has 0 radical (unpaired) electrons. The van der Waals surface area contributed by atoms with E-state index in [0.29, 0.717) is 13.0 Å². The van der Waals surface area contributed by atoms with E-state index in [4.69, 9.17) is 9.15 Å². The third-order valence-corrected chi connectivity index (χ3v) is 3.20. The largest absolute Gasteiger partial charge is 0.463 e. The summed E-state index contributed by atoms with van der Waals surface area (Å²) in [6, 6.07) is 1.94. The van der Waals surface area contributed by atoms with Crippen molar-refractivity contribution in [2.75, 3.05) is 13.7 Å². The summed E-state index contributed by atoms with van der Waals surface area (Å²) >= 11 is 0. The van der Waals surface area contributed by atoms with E-state index in [-0.39, 0.29) is 11.8 Å². The Balaban J connectivity index is 2.85. The van der Waals surface area contributed by atoms with Gasteiger partial charge in [0.15, 0.2) is 0 Å². The van der Waals surface area contributed by atoms with Gasteiger partial charge >= 0.3 is 6.18 Å². The summed E-state index contributed by atoms with van der Waals surface area (Å²) in [7, 11) is 1.48. The molecule has 1 aromatic rings. The van der Waals surface area contributed by atoms with Crippen LogP contribution in [0.15, 0.2) is 16.5 Å². The van der Waals surface area contributed by atoms with Crippen LogP contribution in [-0.4, -0.2) is 36.9 Å². The second kappa shape index (κ2) is 7.15. The van der Waals surface area contributed by atoms with E-state index in [2.05, 4.69) is 5.32 Å². The molecule has 1 heterocycles. The summed E-state index contributed by atoms with van der Waals surface area (Å²) in [5.41, 5.74) is -3.35. The summed E-state index contributed by atoms with van der Waals surface area (Å²) in [4.78, 5) is 11.8. The number of nitrogens with one attached hydrogen (secondary N) is 1. The number of carbonyl (C=O) groups excluding carboxylic acids is 1. The highest BCUT2D eigenvalue weighted by Gasteiger charge is 2.58. The number of ether oxygens (including phenoxy) is 1. The van der Waals surface area contributed by atoms with Crippen LogP contribution in [0.5, 0.6) is 0 Å². The first-order valence-electron chi connectivity index (χ1n) is 6.74. The highest BCUT2D eigenvalue weighted by molar-refractivity contribution is 5.77. The molecule has 0 aliphatic rings. The number of carbonyl (C=O) groups is 1. The van der Waals surface area contributed by atoms with Gasteiger partial charge in [0, 0.05) is 19.8 Å². The normalized spacial score (nSPS) is 16.1. The van der Waals surface area contributed by atoms with Gasteiger partial charge in [0.1, 0.15) is 11.5 Å². The van der Waals surface area contributed by atoms with Crippen molar-refractivity contribution in [3.05, 3.63) is 23.7 Å². The topological polar surface area (TPSA) is 71.7 Å². The van der Waals surface area contributed by atoms with E-state index >= 15 is 0 Å². The maximum absolute atomic E-state index is 13.2. The van der Waals surface area contributed by atoms with Gasteiger partial charge in [-0.25, -0.2) is 0 Å². The lowest BCUT2D eigenvalue weighted by Crippen LogP contribution is -2.47. The number of halogens is 3. The van der Waals surface area contributed by atoms with Crippen LogP contribution in [0.25, 0.3) is 0 Å². The SMILES string of the molecule is COCCC(C)NC(=O)CC(O)(c1ccc(C)o1)C(F)(F)F. The van der Waals surface area contributed by atoms with Gasteiger partial charge in [0.2, 0.25) is 11.5 Å². The van der Waals surface area contributed by atoms with E-state index in [9.17, 15) is 23.1 Å². The third kappa shape index (κ3) is 4.48. The van der Waals surface area contributed by atoms with Crippen LogP contribution < -0.4 is 5.32 Å². The molecule has 0 spiro atoms. The van der Waals surface area contributed by atoms with Crippen molar-refractivity contribution in [1.82, 2.24) is 5.32 Å². The van der Waals surface area contributed by atoms with Crippen molar-refractivity contribution in [2.45, 2.75) is 44.5 Å². The molecule has 1 rings (SSSR count). The highest BCUT2D eigenvalue weighted by Crippen LogP contribution is 2.42. The standard InChI is InChI=1S/C14H20F3NO4/c1-9(6-7-21-3)18-12(19)8-13(20,14(15,16)17)11-5-4-10(2)22-11/h4-5,9,20H,6-8H2,1-3H3,(H,18,19). The van der Waals surface area contributed by atoms with Gasteiger partial charge < -0.3 is 19.6 Å². The summed E-state index contributed by atoms with van der Waals surface area (Å²) in [5, 5.41) is 12.4. The Morgan fingerprint density at radius 2 is 2.09 bits per heavy atom. The maximum Gasteiger partial charge on any atom is 0.425 e. The zero-order chi connectivity index (χ0) is 17.0. The zero-order valence-corrected chi connectivity index (χ0v) is 12.7. The molecule has 22 heavy (non-hydrogen) atoms. The average Bonchev–Trinajstić information content (AvgIpc) is 2.81. The minimum atomic E-state index is -5.04. The number of aryl methyl sites for hydroxylation is 1. The van der Waals surface area contributed by atoms with Gasteiger partial charge in [-0.05, 0) is 32.4 Å². The van der Waals surface area contributed by atoms with Crippen LogP contribution in [0, 0.1) is 6.92 Å². The highest BCUT2D eigenvalue weighted by atomic mass is 19.4. The van der Waals surface area contributed by atoms with Gasteiger partial charge in [-0.15, -0.1) is 0 Å². The van der Waals surface area contributed by atoms with Crippen molar-refractivity contribution < 1.29 is 32.2 Å². The van der Waals surface area contributed by atoms with Crippen molar-refractivity contribution in [1.29, 1.82) is 0 Å². The molecule has 2 N–H and O–H groups in total. The predicted octanol–water partition coefficient (Wildman–Crippen LogP) is 2.27. The summed E-state index contributed by atoms with van der Waals surface area (Å²) in [5.74, 6) is -1.40. The van der Waals surface area contributed by atoms with Crippen molar-refractivity contribution in [3.63, 3.8) is 0 Å². The van der Waals surface area contributed by atoms with Gasteiger partial charge in [0.05, 0.1) is 6.42 Å². The summed E-state index contributed by atoms with van der Waals surface area (Å²) in [6.07, 6.45) is -5.75. The first-order valence-corrected chi connectivity index (χ1v) is 6.74. The Hall–Kier alpha value is -1.54. The fourth-order valence-corrected chi connectivity index (χ4v) is 1.91. The Morgan fingerprint density at radius 1 is 1.45 bits per heavy atom. The third-order valence-electron chi connectivity index (χ3n) is 3.20. The number of alkyl halides is 3. The van der Waals surface area contributed by atoms with Crippen LogP contribution in [-0.2, 0) is 15.1 Å². The fraction of sp³-hybridized carbons (Fsp3) is 0.643. The minimum Gasteiger partial charge on any atom is -0.463 e. The monoisotopic (exact) mass is 323 g/mol. The van der Waals surface area contributed by atoms with E-state index in [1.54, 1.807) is 6.92 Å². The molecule has 126 valence electrons. The number of furan rings is 1. The van der Waals surface area contributed by atoms with Crippen molar-refractivity contribution >= 4 is 5.91 Å². The number of hydrogen-bond donors (Lipinski definition) is 2. The van der Waals surface area contributed by atoms with Crippen LogP contribution in [0.1, 0.15) is 31.3 Å². The van der Waals surface area contributed by atoms with Gasteiger partial charge in [0.25, 0.3) is 0 Å². The Kier molecular flexibility index (Phi) is 6.01. The van der Waals surface area contributed by atoms with Gasteiger partial charge in [-0.3, -0.25) is 4.79 Å². The first-order chi connectivity index (χ1) is 10.1. The van der Waals surface area contributed by atoms with E-state index in [0.717, 1.165) is 6.07 Å². The molecule has 1 aromatic heterocycles. The average molecular weight is 323 g/mol. The lowest BCUT2D eigenvalue weighted by molar-refractivity contribution is -0.273. The summed E-state index contributed by atoms with van der Waals surface area (Å²) < 4.78 is 49.3. The molecule has 2 atom stereocenters. The minimum absolute atomic E-state index is 0.214. The molecule has 0 aliphatic heterocycles.